The lowest BCUT2D eigenvalue weighted by Crippen LogP contribution is -2.06. The highest BCUT2D eigenvalue weighted by molar-refractivity contribution is 6.26. The Morgan fingerprint density at radius 2 is 0.726 bits per heavy atom. The van der Waals surface area contributed by atoms with Crippen LogP contribution < -0.4 is 0 Å². The lowest BCUT2D eigenvalue weighted by atomic mass is 9.95. The summed E-state index contributed by atoms with van der Waals surface area (Å²) in [6.07, 6.45) is 0. The Morgan fingerprint density at radius 1 is 0.274 bits per heavy atom. The monoisotopic (exact) mass is 791 g/mol. The van der Waals surface area contributed by atoms with E-state index in [2.05, 4.69) is 209 Å². The largest absolute Gasteiger partial charge is 0.307 e. The van der Waals surface area contributed by atoms with Crippen molar-refractivity contribution in [1.82, 2.24) is 24.1 Å². The van der Waals surface area contributed by atoms with Crippen molar-refractivity contribution in [2.24, 2.45) is 0 Å². The Balaban J connectivity index is 1.17. The molecule has 0 aliphatic heterocycles. The number of fused-ring (bicyclic) bond motifs is 7. The van der Waals surface area contributed by atoms with E-state index in [0.717, 1.165) is 83.0 Å². The van der Waals surface area contributed by atoms with Crippen molar-refractivity contribution in [3.63, 3.8) is 0 Å². The summed E-state index contributed by atoms with van der Waals surface area (Å²) in [6.45, 7) is 0. The van der Waals surface area contributed by atoms with Crippen molar-refractivity contribution in [3.05, 3.63) is 224 Å². The minimum atomic E-state index is 0.559. The van der Waals surface area contributed by atoms with Crippen molar-refractivity contribution in [2.75, 3.05) is 0 Å². The average Bonchev–Trinajstić information content (AvgIpc) is 3.87. The Bertz CT molecular complexity index is 3540. The van der Waals surface area contributed by atoms with E-state index in [4.69, 9.17) is 15.0 Å². The molecule has 5 nitrogen and oxygen atoms in total. The van der Waals surface area contributed by atoms with Crippen LogP contribution in [0.2, 0.25) is 0 Å². The molecule has 0 saturated heterocycles. The van der Waals surface area contributed by atoms with Crippen LogP contribution in [0.4, 0.5) is 0 Å². The second-order valence-corrected chi connectivity index (χ2v) is 15.6. The van der Waals surface area contributed by atoms with Crippen molar-refractivity contribution in [1.29, 1.82) is 0 Å². The molecule has 0 saturated carbocycles. The first-order valence-corrected chi connectivity index (χ1v) is 21.0. The molecular formula is C57H37N5. The fourth-order valence-corrected chi connectivity index (χ4v) is 9.19. The minimum absolute atomic E-state index is 0.559. The van der Waals surface area contributed by atoms with E-state index >= 15 is 0 Å². The zero-order chi connectivity index (χ0) is 41.0. The van der Waals surface area contributed by atoms with Crippen molar-refractivity contribution < 1.29 is 0 Å². The Labute approximate surface area is 358 Å². The highest BCUT2D eigenvalue weighted by Crippen LogP contribution is 2.45. The smallest absolute Gasteiger partial charge is 0.238 e. The predicted molar refractivity (Wildman–Crippen MR) is 256 cm³/mol. The summed E-state index contributed by atoms with van der Waals surface area (Å²) in [5.74, 6) is 1.78. The van der Waals surface area contributed by atoms with Gasteiger partial charge in [-0.2, -0.15) is 9.97 Å². The third-order valence-electron chi connectivity index (χ3n) is 12.0. The van der Waals surface area contributed by atoms with Gasteiger partial charge in [0.25, 0.3) is 0 Å². The van der Waals surface area contributed by atoms with Crippen LogP contribution in [0.25, 0.3) is 111 Å². The molecule has 0 amide bonds. The molecule has 0 N–H and O–H groups in total. The number of rotatable bonds is 7. The van der Waals surface area contributed by atoms with Gasteiger partial charge < -0.3 is 4.57 Å². The molecule has 0 aliphatic carbocycles. The predicted octanol–water partition coefficient (Wildman–Crippen LogP) is 14.4. The van der Waals surface area contributed by atoms with Crippen LogP contribution in [0.1, 0.15) is 0 Å². The first-order valence-electron chi connectivity index (χ1n) is 21.0. The van der Waals surface area contributed by atoms with Gasteiger partial charge in [-0.25, -0.2) is 4.98 Å². The van der Waals surface area contributed by atoms with E-state index in [1.165, 1.54) is 10.8 Å². The van der Waals surface area contributed by atoms with Gasteiger partial charge in [-0.15, -0.1) is 0 Å². The fourth-order valence-electron chi connectivity index (χ4n) is 9.19. The molecule has 9 aromatic carbocycles. The third-order valence-corrected chi connectivity index (χ3v) is 12.0. The Morgan fingerprint density at radius 3 is 1.32 bits per heavy atom. The molecule has 12 aromatic rings. The second kappa shape index (κ2) is 14.7. The van der Waals surface area contributed by atoms with Crippen LogP contribution in [-0.4, -0.2) is 24.1 Å². The molecule has 0 bridgehead atoms. The van der Waals surface area contributed by atoms with E-state index in [-0.39, 0.29) is 0 Å². The number of hydrogen-bond acceptors (Lipinski definition) is 3. The van der Waals surface area contributed by atoms with Crippen LogP contribution >= 0.6 is 0 Å². The standard InChI is InChI=1S/C57H37N5/c1-5-18-38(19-6-1)39-32-34-43(35-33-39)56-58-55(42-24-11-4-12-25-42)59-57(60-56)61-50-31-16-14-27-48(50)52-51(61)37-36-47-46-26-13-15-30-49(46)62(54(47)52)53-44(40-20-7-2-8-21-40)28-17-29-45(53)41-22-9-3-10-23-41/h1-37H. The second-order valence-electron chi connectivity index (χ2n) is 15.6. The summed E-state index contributed by atoms with van der Waals surface area (Å²) in [5, 5.41) is 4.62. The number of nitrogens with zero attached hydrogens (tertiary/aromatic N) is 5. The van der Waals surface area contributed by atoms with Crippen LogP contribution in [0, 0.1) is 0 Å². The molecule has 0 spiro atoms. The highest BCUT2D eigenvalue weighted by atomic mass is 15.2. The van der Waals surface area contributed by atoms with Gasteiger partial charge in [-0.1, -0.05) is 206 Å². The van der Waals surface area contributed by atoms with Crippen molar-refractivity contribution >= 4 is 43.6 Å². The first-order chi connectivity index (χ1) is 30.8. The molecule has 0 fully saturated rings. The van der Waals surface area contributed by atoms with Gasteiger partial charge in [0.2, 0.25) is 5.95 Å². The molecule has 5 heteroatoms. The van der Waals surface area contributed by atoms with Crippen LogP contribution in [0.15, 0.2) is 224 Å². The summed E-state index contributed by atoms with van der Waals surface area (Å²) in [7, 11) is 0. The molecule has 0 unspecified atom stereocenters. The highest BCUT2D eigenvalue weighted by Gasteiger charge is 2.25. The van der Waals surface area contributed by atoms with E-state index in [1.54, 1.807) is 0 Å². The fraction of sp³-hybridized carbons (Fsp3) is 0. The van der Waals surface area contributed by atoms with Gasteiger partial charge in [-0.3, -0.25) is 4.57 Å². The van der Waals surface area contributed by atoms with Crippen LogP contribution in [0.5, 0.6) is 0 Å². The van der Waals surface area contributed by atoms with Crippen molar-refractivity contribution in [3.8, 4) is 67.8 Å². The van der Waals surface area contributed by atoms with Crippen LogP contribution in [-0.2, 0) is 0 Å². The number of aromatic nitrogens is 5. The van der Waals surface area contributed by atoms with Gasteiger partial charge in [0, 0.05) is 43.8 Å². The molecule has 290 valence electrons. The molecule has 62 heavy (non-hydrogen) atoms. The molecule has 0 radical (unpaired) electrons. The number of hydrogen-bond donors (Lipinski definition) is 0. The molecule has 12 rings (SSSR count). The van der Waals surface area contributed by atoms with E-state index in [1.807, 2.05) is 24.3 Å². The maximum absolute atomic E-state index is 5.32. The van der Waals surface area contributed by atoms with Crippen LogP contribution in [0.3, 0.4) is 0 Å². The maximum atomic E-state index is 5.32. The van der Waals surface area contributed by atoms with Gasteiger partial charge in [0.15, 0.2) is 11.6 Å². The molecule has 3 aromatic heterocycles. The zero-order valence-corrected chi connectivity index (χ0v) is 33.6. The van der Waals surface area contributed by atoms with Gasteiger partial charge in [-0.05, 0) is 40.5 Å². The summed E-state index contributed by atoms with van der Waals surface area (Å²) in [6, 6.07) is 79.3. The number of benzene rings is 9. The molecule has 0 atom stereocenters. The summed E-state index contributed by atoms with van der Waals surface area (Å²) in [4.78, 5) is 15.7. The van der Waals surface area contributed by atoms with Gasteiger partial charge in [0.05, 0.1) is 27.8 Å². The number of para-hydroxylation sites is 3. The summed E-state index contributed by atoms with van der Waals surface area (Å²) < 4.78 is 4.74. The SMILES string of the molecule is c1ccc(-c2ccc(-c3nc(-c4ccccc4)nc(-n4c5ccccc5c5c4ccc4c6ccccc6n(-c6c(-c7ccccc7)cccc6-c6ccccc6)c45)n3)cc2)cc1. The first kappa shape index (κ1) is 35.5. The molecule has 0 aliphatic rings. The molecular weight excluding hydrogens is 755 g/mol. The third kappa shape index (κ3) is 5.82. The van der Waals surface area contributed by atoms with Crippen molar-refractivity contribution in [2.45, 2.75) is 0 Å². The average molecular weight is 792 g/mol. The zero-order valence-electron chi connectivity index (χ0n) is 33.6. The summed E-state index contributed by atoms with van der Waals surface area (Å²) in [5.41, 5.74) is 14.2. The van der Waals surface area contributed by atoms with E-state index < -0.39 is 0 Å². The molecule has 3 heterocycles. The van der Waals surface area contributed by atoms with Gasteiger partial charge >= 0.3 is 0 Å². The summed E-state index contributed by atoms with van der Waals surface area (Å²) >= 11 is 0. The Hall–Kier alpha value is -8.41. The lowest BCUT2D eigenvalue weighted by Gasteiger charge is -2.19. The lowest BCUT2D eigenvalue weighted by molar-refractivity contribution is 0.953. The Kier molecular flexibility index (Phi) is 8.42. The topological polar surface area (TPSA) is 48.5 Å². The maximum Gasteiger partial charge on any atom is 0.238 e. The minimum Gasteiger partial charge on any atom is -0.307 e. The quantitative estimate of drug-likeness (QED) is 0.162. The van der Waals surface area contributed by atoms with E-state index in [9.17, 15) is 0 Å². The van der Waals surface area contributed by atoms with E-state index in [0.29, 0.717) is 17.6 Å². The van der Waals surface area contributed by atoms with Gasteiger partial charge in [0.1, 0.15) is 0 Å². The normalized spacial score (nSPS) is 11.5.